The van der Waals surface area contributed by atoms with Crippen LogP contribution in [0.25, 0.3) is 0 Å². The number of H-pyrrole nitrogens is 1. The summed E-state index contributed by atoms with van der Waals surface area (Å²) < 4.78 is 12.7. The van der Waals surface area contributed by atoms with Crippen molar-refractivity contribution >= 4 is 5.91 Å². The molecule has 0 radical (unpaired) electrons. The minimum atomic E-state index is -0.523. The van der Waals surface area contributed by atoms with Crippen molar-refractivity contribution in [3.63, 3.8) is 0 Å². The third-order valence-corrected chi connectivity index (χ3v) is 4.43. The maximum absolute atomic E-state index is 12.3. The van der Waals surface area contributed by atoms with E-state index in [1.54, 1.807) is 0 Å². The summed E-state index contributed by atoms with van der Waals surface area (Å²) in [6.07, 6.45) is 1.96. The molecule has 3 rings (SSSR count). The van der Waals surface area contributed by atoms with Gasteiger partial charge in [-0.1, -0.05) is 30.3 Å². The van der Waals surface area contributed by atoms with Gasteiger partial charge in [-0.25, -0.2) is 4.79 Å². The number of aromatic amines is 1. The van der Waals surface area contributed by atoms with Crippen LogP contribution in [0.1, 0.15) is 18.4 Å². The minimum Gasteiger partial charge on any atom is -0.379 e. The summed E-state index contributed by atoms with van der Waals surface area (Å²) in [4.78, 5) is 37.2. The van der Waals surface area contributed by atoms with Crippen LogP contribution in [0, 0.1) is 0 Å². The van der Waals surface area contributed by atoms with Crippen molar-refractivity contribution in [1.29, 1.82) is 0 Å². The topological polar surface area (TPSA) is 102 Å². The van der Waals surface area contributed by atoms with Gasteiger partial charge in [-0.15, -0.1) is 0 Å². The lowest BCUT2D eigenvalue weighted by Gasteiger charge is -2.32. The van der Waals surface area contributed by atoms with Crippen molar-refractivity contribution in [2.75, 3.05) is 13.2 Å². The fraction of sp³-hybridized carbons (Fsp3) is 0.421. The summed E-state index contributed by atoms with van der Waals surface area (Å²) in [5.74, 6) is -0.173. The van der Waals surface area contributed by atoms with Crippen LogP contribution < -0.4 is 16.6 Å². The van der Waals surface area contributed by atoms with Crippen LogP contribution in [0.3, 0.4) is 0 Å². The maximum atomic E-state index is 12.3. The lowest BCUT2D eigenvalue weighted by molar-refractivity contribution is -0.126. The Bertz CT molecular complexity index is 861. The van der Waals surface area contributed by atoms with Gasteiger partial charge in [0.2, 0.25) is 5.91 Å². The van der Waals surface area contributed by atoms with Crippen LogP contribution in [0.5, 0.6) is 0 Å². The van der Waals surface area contributed by atoms with Gasteiger partial charge in [0.05, 0.1) is 19.3 Å². The second kappa shape index (κ2) is 9.29. The van der Waals surface area contributed by atoms with E-state index in [0.29, 0.717) is 26.2 Å². The number of rotatable bonds is 7. The van der Waals surface area contributed by atoms with Crippen molar-refractivity contribution in [3.05, 3.63) is 69.0 Å². The lowest BCUT2D eigenvalue weighted by Crippen LogP contribution is -2.50. The SMILES string of the molecule is O=C(CCn1ccc(=O)[nH]c1=O)N[C@@H]1CCOC[C@H]1OCc1ccccc1. The monoisotopic (exact) mass is 373 g/mol. The van der Waals surface area contributed by atoms with E-state index in [1.165, 1.54) is 16.8 Å². The second-order valence-corrected chi connectivity index (χ2v) is 6.43. The molecule has 2 atom stereocenters. The number of hydrogen-bond donors (Lipinski definition) is 2. The molecule has 0 unspecified atom stereocenters. The molecule has 1 aliphatic heterocycles. The zero-order chi connectivity index (χ0) is 19.1. The number of nitrogens with zero attached hydrogens (tertiary/aromatic N) is 1. The zero-order valence-corrected chi connectivity index (χ0v) is 14.9. The standard InChI is InChI=1S/C19H23N3O5/c23-17(6-9-22-10-7-18(24)21-19(22)25)20-15-8-11-26-13-16(15)27-12-14-4-2-1-3-5-14/h1-5,7,10,15-16H,6,8-9,11-13H2,(H,20,23)(H,21,24,25)/t15-,16-/m1/s1. The number of carbonyl (C=O) groups excluding carboxylic acids is 1. The molecule has 144 valence electrons. The van der Waals surface area contributed by atoms with Gasteiger partial charge in [0, 0.05) is 31.8 Å². The van der Waals surface area contributed by atoms with Gasteiger partial charge in [0.25, 0.3) is 5.56 Å². The molecule has 8 heteroatoms. The highest BCUT2D eigenvalue weighted by atomic mass is 16.5. The third kappa shape index (κ3) is 5.63. The summed E-state index contributed by atoms with van der Waals surface area (Å²) in [6.45, 7) is 1.64. The molecule has 2 aromatic rings. The van der Waals surface area contributed by atoms with Crippen LogP contribution >= 0.6 is 0 Å². The number of hydrogen-bond acceptors (Lipinski definition) is 5. The normalized spacial score (nSPS) is 19.6. The van der Waals surface area contributed by atoms with Crippen molar-refractivity contribution in [3.8, 4) is 0 Å². The van der Waals surface area contributed by atoms with E-state index in [2.05, 4.69) is 10.3 Å². The van der Waals surface area contributed by atoms with E-state index in [1.807, 2.05) is 30.3 Å². The number of carbonyl (C=O) groups is 1. The van der Waals surface area contributed by atoms with Gasteiger partial charge >= 0.3 is 5.69 Å². The van der Waals surface area contributed by atoms with Crippen molar-refractivity contribution < 1.29 is 14.3 Å². The molecule has 0 bridgehead atoms. The first-order chi connectivity index (χ1) is 13.1. The molecule has 1 aromatic carbocycles. The summed E-state index contributed by atoms with van der Waals surface area (Å²) in [5.41, 5.74) is 0.0809. The first-order valence-corrected chi connectivity index (χ1v) is 8.94. The fourth-order valence-corrected chi connectivity index (χ4v) is 2.94. The molecule has 0 aliphatic carbocycles. The Balaban J connectivity index is 1.51. The highest BCUT2D eigenvalue weighted by Crippen LogP contribution is 2.14. The van der Waals surface area contributed by atoms with E-state index in [4.69, 9.17) is 9.47 Å². The summed E-state index contributed by atoms with van der Waals surface area (Å²) in [5, 5.41) is 2.98. The smallest absolute Gasteiger partial charge is 0.328 e. The molecule has 1 saturated heterocycles. The van der Waals surface area contributed by atoms with Crippen LogP contribution in [0.15, 0.2) is 52.2 Å². The molecule has 2 N–H and O–H groups in total. The Hall–Kier alpha value is -2.71. The summed E-state index contributed by atoms with van der Waals surface area (Å²) in [7, 11) is 0. The average Bonchev–Trinajstić information content (AvgIpc) is 2.67. The van der Waals surface area contributed by atoms with E-state index >= 15 is 0 Å². The number of amides is 1. The van der Waals surface area contributed by atoms with E-state index in [-0.39, 0.29) is 31.0 Å². The van der Waals surface area contributed by atoms with Crippen molar-refractivity contribution in [2.45, 2.75) is 38.1 Å². The average molecular weight is 373 g/mol. The molecule has 1 aromatic heterocycles. The summed E-state index contributed by atoms with van der Waals surface area (Å²) >= 11 is 0. The van der Waals surface area contributed by atoms with Crippen molar-refractivity contribution in [2.24, 2.45) is 0 Å². The van der Waals surface area contributed by atoms with Crippen LogP contribution in [0.2, 0.25) is 0 Å². The maximum Gasteiger partial charge on any atom is 0.328 e. The molecule has 1 aliphatic rings. The lowest BCUT2D eigenvalue weighted by atomic mass is 10.1. The van der Waals surface area contributed by atoms with Gasteiger partial charge < -0.3 is 19.4 Å². The minimum absolute atomic E-state index is 0.134. The highest BCUT2D eigenvalue weighted by molar-refractivity contribution is 5.76. The van der Waals surface area contributed by atoms with Crippen LogP contribution in [-0.4, -0.2) is 40.8 Å². The van der Waals surface area contributed by atoms with Gasteiger partial charge in [-0.05, 0) is 12.0 Å². The zero-order valence-electron chi connectivity index (χ0n) is 14.9. The van der Waals surface area contributed by atoms with Gasteiger partial charge in [-0.2, -0.15) is 0 Å². The van der Waals surface area contributed by atoms with Crippen LogP contribution in [-0.2, 0) is 27.4 Å². The number of nitrogens with one attached hydrogen (secondary N) is 2. The predicted molar refractivity (Wildman–Crippen MR) is 98.3 cm³/mol. The third-order valence-electron chi connectivity index (χ3n) is 4.43. The molecule has 27 heavy (non-hydrogen) atoms. The van der Waals surface area contributed by atoms with Crippen LogP contribution in [0.4, 0.5) is 0 Å². The molecular weight excluding hydrogens is 350 g/mol. The molecule has 1 fully saturated rings. The Morgan fingerprint density at radius 2 is 2.07 bits per heavy atom. The van der Waals surface area contributed by atoms with Crippen molar-refractivity contribution in [1.82, 2.24) is 14.9 Å². The number of aromatic nitrogens is 2. The molecule has 8 nitrogen and oxygen atoms in total. The molecule has 2 heterocycles. The summed E-state index contributed by atoms with van der Waals surface area (Å²) in [6, 6.07) is 10.9. The second-order valence-electron chi connectivity index (χ2n) is 6.43. The quantitative estimate of drug-likeness (QED) is 0.732. The van der Waals surface area contributed by atoms with E-state index in [0.717, 1.165) is 5.56 Å². The molecule has 1 amide bonds. The first kappa shape index (κ1) is 19.1. The Labute approximate surface area is 156 Å². The van der Waals surface area contributed by atoms with Gasteiger partial charge in [0.15, 0.2) is 0 Å². The fourth-order valence-electron chi connectivity index (χ4n) is 2.94. The molecule has 0 saturated carbocycles. The Morgan fingerprint density at radius 3 is 2.85 bits per heavy atom. The van der Waals surface area contributed by atoms with E-state index in [9.17, 15) is 14.4 Å². The Kier molecular flexibility index (Phi) is 6.56. The number of ether oxygens (including phenoxy) is 2. The Morgan fingerprint density at radius 1 is 1.26 bits per heavy atom. The largest absolute Gasteiger partial charge is 0.379 e. The number of benzene rings is 1. The van der Waals surface area contributed by atoms with Gasteiger partial charge in [0.1, 0.15) is 6.10 Å². The molecule has 0 spiro atoms. The predicted octanol–water partition coefficient (Wildman–Crippen LogP) is 0.417. The number of aryl methyl sites for hydroxylation is 1. The highest BCUT2D eigenvalue weighted by Gasteiger charge is 2.27. The molecular formula is C19H23N3O5. The van der Waals surface area contributed by atoms with Gasteiger partial charge in [-0.3, -0.25) is 14.6 Å². The van der Waals surface area contributed by atoms with E-state index < -0.39 is 11.2 Å². The first-order valence-electron chi connectivity index (χ1n) is 8.94.